The van der Waals surface area contributed by atoms with Gasteiger partial charge in [-0.3, -0.25) is 9.98 Å². The fourth-order valence-corrected chi connectivity index (χ4v) is 2.75. The molecule has 0 aromatic heterocycles. The maximum absolute atomic E-state index is 11.1. The van der Waals surface area contributed by atoms with Crippen molar-refractivity contribution >= 4 is 35.7 Å². The summed E-state index contributed by atoms with van der Waals surface area (Å²) in [4.78, 5) is 31.2. The molecule has 0 fully saturated rings. The number of rotatable bonds is 10. The summed E-state index contributed by atoms with van der Waals surface area (Å²) < 4.78 is 10.0. The third kappa shape index (κ3) is 7.84. The molecule has 0 bridgehead atoms. The Bertz CT molecular complexity index is 1100. The molecule has 0 saturated heterocycles. The van der Waals surface area contributed by atoms with Gasteiger partial charge in [-0.05, 0) is 46.5 Å². The zero-order chi connectivity index (χ0) is 24.2. The van der Waals surface area contributed by atoms with Gasteiger partial charge in [0, 0.05) is 24.6 Å². The van der Waals surface area contributed by atoms with Crippen LogP contribution in [0.3, 0.4) is 0 Å². The van der Waals surface area contributed by atoms with Crippen molar-refractivity contribution in [1.82, 2.24) is 0 Å². The van der Waals surface area contributed by atoms with E-state index in [1.165, 1.54) is 0 Å². The first-order valence-corrected chi connectivity index (χ1v) is 10.5. The van der Waals surface area contributed by atoms with Crippen LogP contribution in [0.25, 0.3) is 0 Å². The monoisotopic (exact) mass is 452 g/mol. The third-order valence-electron chi connectivity index (χ3n) is 4.63. The van der Waals surface area contributed by atoms with E-state index >= 15 is 0 Å². The summed E-state index contributed by atoms with van der Waals surface area (Å²) in [6, 6.07) is 22.8. The zero-order valence-corrected chi connectivity index (χ0v) is 18.6. The molecule has 6 nitrogen and oxygen atoms in total. The zero-order valence-electron chi connectivity index (χ0n) is 18.6. The molecule has 0 aliphatic heterocycles. The molecule has 0 radical (unpaired) electrons. The smallest absolute Gasteiger partial charge is 0.330 e. The minimum atomic E-state index is -0.447. The van der Waals surface area contributed by atoms with Gasteiger partial charge in [0.2, 0.25) is 0 Å². The topological polar surface area (TPSA) is 77.3 Å². The van der Waals surface area contributed by atoms with E-state index in [0.717, 1.165) is 45.8 Å². The highest BCUT2D eigenvalue weighted by molar-refractivity contribution is 5.86. The van der Waals surface area contributed by atoms with Gasteiger partial charge in [-0.1, -0.05) is 61.7 Å². The Balaban J connectivity index is 1.52. The van der Waals surface area contributed by atoms with Crippen molar-refractivity contribution < 1.29 is 19.1 Å². The fraction of sp³-hybridized carbons (Fsp3) is 0.0714. The molecule has 0 N–H and O–H groups in total. The Morgan fingerprint density at radius 1 is 0.618 bits per heavy atom. The van der Waals surface area contributed by atoms with Crippen LogP contribution < -0.4 is 0 Å². The highest BCUT2D eigenvalue weighted by atomic mass is 16.5. The number of hydrogen-bond donors (Lipinski definition) is 0. The average molecular weight is 453 g/mol. The number of carbonyl (C=O) groups excluding carboxylic acids is 2. The van der Waals surface area contributed by atoms with Crippen LogP contribution in [0.15, 0.2) is 108 Å². The third-order valence-corrected chi connectivity index (χ3v) is 4.63. The quantitative estimate of drug-likeness (QED) is 0.226. The SMILES string of the molecule is C=CC(=O)OCc1ccc(N=Cc2ccc(C=Nc3ccc(COC(=O)C=C)cc3)cc2)cc1. The van der Waals surface area contributed by atoms with Gasteiger partial charge in [0.15, 0.2) is 0 Å². The van der Waals surface area contributed by atoms with Crippen LogP contribution in [-0.4, -0.2) is 24.4 Å². The Morgan fingerprint density at radius 2 is 0.971 bits per heavy atom. The first kappa shape index (κ1) is 24.1. The van der Waals surface area contributed by atoms with E-state index in [2.05, 4.69) is 23.1 Å². The number of ether oxygens (including phenoxy) is 2. The van der Waals surface area contributed by atoms with Crippen LogP contribution in [0.5, 0.6) is 0 Å². The molecule has 3 aromatic rings. The largest absolute Gasteiger partial charge is 0.458 e. The standard InChI is InChI=1S/C28H24N2O4/c1-3-27(31)33-19-23-9-13-25(14-10-23)29-17-21-5-7-22(8-6-21)18-30-26-15-11-24(12-16-26)20-34-28(32)4-2/h3-18H,1-2,19-20H2. The molecule has 3 aromatic carbocycles. The molecule has 0 heterocycles. The lowest BCUT2D eigenvalue weighted by molar-refractivity contribution is -0.139. The van der Waals surface area contributed by atoms with Gasteiger partial charge in [-0.25, -0.2) is 9.59 Å². The Labute approximate surface area is 198 Å². The first-order valence-electron chi connectivity index (χ1n) is 10.5. The minimum Gasteiger partial charge on any atom is -0.458 e. The molecule has 0 spiro atoms. The molecular formula is C28H24N2O4. The summed E-state index contributed by atoms with van der Waals surface area (Å²) in [7, 11) is 0. The van der Waals surface area contributed by atoms with Crippen LogP contribution in [0.1, 0.15) is 22.3 Å². The highest BCUT2D eigenvalue weighted by Gasteiger charge is 1.99. The van der Waals surface area contributed by atoms with Gasteiger partial charge in [0.05, 0.1) is 11.4 Å². The van der Waals surface area contributed by atoms with E-state index in [-0.39, 0.29) is 13.2 Å². The molecule has 3 rings (SSSR count). The van der Waals surface area contributed by atoms with E-state index in [1.54, 1.807) is 12.4 Å². The number of aliphatic imine (C=N–C) groups is 2. The normalized spacial score (nSPS) is 10.8. The van der Waals surface area contributed by atoms with Crippen molar-refractivity contribution in [3.8, 4) is 0 Å². The van der Waals surface area contributed by atoms with Gasteiger partial charge in [0.25, 0.3) is 0 Å². The lowest BCUT2D eigenvalue weighted by Gasteiger charge is -2.02. The number of nitrogens with zero attached hydrogens (tertiary/aromatic N) is 2. The molecule has 0 unspecified atom stereocenters. The van der Waals surface area contributed by atoms with Crippen LogP contribution in [0.4, 0.5) is 11.4 Å². The van der Waals surface area contributed by atoms with Crippen molar-refractivity contribution in [2.45, 2.75) is 13.2 Å². The van der Waals surface area contributed by atoms with Crippen LogP contribution >= 0.6 is 0 Å². The number of esters is 2. The first-order chi connectivity index (χ1) is 16.6. The van der Waals surface area contributed by atoms with E-state index in [4.69, 9.17) is 9.47 Å². The van der Waals surface area contributed by atoms with E-state index < -0.39 is 11.9 Å². The summed E-state index contributed by atoms with van der Waals surface area (Å²) in [6.07, 6.45) is 5.85. The molecule has 0 atom stereocenters. The van der Waals surface area contributed by atoms with E-state index in [1.807, 2.05) is 72.8 Å². The van der Waals surface area contributed by atoms with Crippen molar-refractivity contribution in [2.75, 3.05) is 0 Å². The van der Waals surface area contributed by atoms with Crippen LogP contribution in [-0.2, 0) is 32.3 Å². The molecule has 0 aliphatic rings. The Kier molecular flexibility index (Phi) is 8.82. The van der Waals surface area contributed by atoms with Crippen molar-refractivity contribution in [2.24, 2.45) is 9.98 Å². The average Bonchev–Trinajstić information content (AvgIpc) is 2.89. The summed E-state index contributed by atoms with van der Waals surface area (Å²) >= 11 is 0. The Hall–Kier alpha value is -4.58. The van der Waals surface area contributed by atoms with Gasteiger partial charge in [0.1, 0.15) is 13.2 Å². The summed E-state index contributed by atoms with van der Waals surface area (Å²) in [5.74, 6) is -0.894. The number of hydrogen-bond acceptors (Lipinski definition) is 6. The molecule has 0 aliphatic carbocycles. The van der Waals surface area contributed by atoms with E-state index in [0.29, 0.717) is 0 Å². The van der Waals surface area contributed by atoms with Gasteiger partial charge in [-0.15, -0.1) is 0 Å². The minimum absolute atomic E-state index is 0.202. The van der Waals surface area contributed by atoms with Crippen LogP contribution in [0, 0.1) is 0 Å². The summed E-state index contributed by atoms with van der Waals surface area (Å²) in [5.41, 5.74) is 5.27. The second kappa shape index (κ2) is 12.5. The maximum atomic E-state index is 11.1. The number of carbonyl (C=O) groups is 2. The van der Waals surface area contributed by atoms with Crippen molar-refractivity contribution in [3.63, 3.8) is 0 Å². The highest BCUT2D eigenvalue weighted by Crippen LogP contribution is 2.16. The number of benzene rings is 3. The van der Waals surface area contributed by atoms with Crippen LogP contribution in [0.2, 0.25) is 0 Å². The van der Waals surface area contributed by atoms with Crippen molar-refractivity contribution in [1.29, 1.82) is 0 Å². The summed E-state index contributed by atoms with van der Waals surface area (Å²) in [5, 5.41) is 0. The predicted octanol–water partition coefficient (Wildman–Crippen LogP) is 5.65. The fourth-order valence-electron chi connectivity index (χ4n) is 2.75. The second-order valence-corrected chi connectivity index (χ2v) is 7.14. The van der Waals surface area contributed by atoms with Gasteiger partial charge >= 0.3 is 11.9 Å². The molecule has 170 valence electrons. The van der Waals surface area contributed by atoms with Gasteiger partial charge in [-0.2, -0.15) is 0 Å². The maximum Gasteiger partial charge on any atom is 0.330 e. The lowest BCUT2D eigenvalue weighted by Crippen LogP contribution is -1.99. The summed E-state index contributed by atoms with van der Waals surface area (Å²) in [6.45, 7) is 7.14. The molecular weight excluding hydrogens is 428 g/mol. The predicted molar refractivity (Wildman–Crippen MR) is 134 cm³/mol. The molecule has 0 saturated carbocycles. The Morgan fingerprint density at radius 3 is 1.29 bits per heavy atom. The van der Waals surface area contributed by atoms with E-state index in [9.17, 15) is 9.59 Å². The van der Waals surface area contributed by atoms with Crippen molar-refractivity contribution in [3.05, 3.63) is 120 Å². The molecule has 6 heteroatoms. The second-order valence-electron chi connectivity index (χ2n) is 7.14. The molecule has 34 heavy (non-hydrogen) atoms. The van der Waals surface area contributed by atoms with Gasteiger partial charge < -0.3 is 9.47 Å². The lowest BCUT2D eigenvalue weighted by atomic mass is 10.1. The molecule has 0 amide bonds.